The number of nitrogens with zero attached hydrogens (tertiary/aromatic N) is 3. The third-order valence-electron chi connectivity index (χ3n) is 3.29. The first-order valence-corrected chi connectivity index (χ1v) is 7.71. The zero-order valence-corrected chi connectivity index (χ0v) is 12.9. The van der Waals surface area contributed by atoms with Gasteiger partial charge >= 0.3 is 0 Å². The van der Waals surface area contributed by atoms with Crippen LogP contribution in [0.2, 0.25) is 0 Å². The minimum absolute atomic E-state index is 0.0664. The van der Waals surface area contributed by atoms with Gasteiger partial charge in [0.25, 0.3) is 0 Å². The molecule has 1 aliphatic carbocycles. The number of hydrogen-bond acceptors (Lipinski definition) is 5. The summed E-state index contributed by atoms with van der Waals surface area (Å²) in [5, 5.41) is 0.937. The van der Waals surface area contributed by atoms with Crippen molar-refractivity contribution in [2.45, 2.75) is 51.6 Å². The van der Waals surface area contributed by atoms with Gasteiger partial charge in [-0.3, -0.25) is 4.98 Å². The van der Waals surface area contributed by atoms with E-state index in [1.54, 1.807) is 6.20 Å². The van der Waals surface area contributed by atoms with E-state index in [4.69, 9.17) is 4.74 Å². The number of rotatable bonds is 4. The highest BCUT2D eigenvalue weighted by molar-refractivity contribution is 7.05. The standard InChI is InChI=1S/C15H19N3OS/c1-15(2,3)12-7-6-11(8-16-12)19-9-13-17-14(18-20-13)10-4-5-10/h6-8,10H,4-5,9H2,1-3H3. The summed E-state index contributed by atoms with van der Waals surface area (Å²) in [7, 11) is 0. The van der Waals surface area contributed by atoms with Crippen molar-refractivity contribution in [3.05, 3.63) is 34.9 Å². The first-order valence-electron chi connectivity index (χ1n) is 6.94. The molecular weight excluding hydrogens is 270 g/mol. The predicted octanol–water partition coefficient (Wildman–Crippen LogP) is 3.69. The first kappa shape index (κ1) is 13.5. The summed E-state index contributed by atoms with van der Waals surface area (Å²) in [6, 6.07) is 3.99. The molecule has 0 unspecified atom stereocenters. The maximum Gasteiger partial charge on any atom is 0.151 e. The summed E-state index contributed by atoms with van der Waals surface area (Å²) >= 11 is 1.44. The van der Waals surface area contributed by atoms with Crippen LogP contribution in [0, 0.1) is 0 Å². The highest BCUT2D eigenvalue weighted by Crippen LogP contribution is 2.38. The topological polar surface area (TPSA) is 47.9 Å². The molecule has 1 saturated carbocycles. The Morgan fingerprint density at radius 1 is 1.30 bits per heavy atom. The van der Waals surface area contributed by atoms with E-state index in [-0.39, 0.29) is 5.41 Å². The Hall–Kier alpha value is -1.49. The van der Waals surface area contributed by atoms with Crippen molar-refractivity contribution >= 4 is 11.5 Å². The molecule has 0 spiro atoms. The highest BCUT2D eigenvalue weighted by atomic mass is 32.1. The lowest BCUT2D eigenvalue weighted by molar-refractivity contribution is 0.303. The fourth-order valence-corrected chi connectivity index (χ4v) is 2.52. The van der Waals surface area contributed by atoms with Gasteiger partial charge in [0, 0.05) is 17.0 Å². The quantitative estimate of drug-likeness (QED) is 0.861. The summed E-state index contributed by atoms with van der Waals surface area (Å²) in [4.78, 5) is 8.95. The second-order valence-corrected chi connectivity index (χ2v) is 7.07. The summed E-state index contributed by atoms with van der Waals surface area (Å²) in [6.07, 6.45) is 4.24. The molecule has 0 amide bonds. The molecule has 3 rings (SSSR count). The van der Waals surface area contributed by atoms with Crippen LogP contribution in [0.4, 0.5) is 0 Å². The molecule has 0 atom stereocenters. The maximum atomic E-state index is 5.72. The third kappa shape index (κ3) is 3.15. The smallest absolute Gasteiger partial charge is 0.151 e. The molecule has 2 aromatic rings. The summed E-state index contributed by atoms with van der Waals surface area (Å²) in [5.41, 5.74) is 1.13. The van der Waals surface area contributed by atoms with Crippen LogP contribution in [0.5, 0.6) is 5.75 Å². The minimum Gasteiger partial charge on any atom is -0.485 e. The Kier molecular flexibility index (Phi) is 3.46. The second-order valence-electron chi connectivity index (χ2n) is 6.24. The predicted molar refractivity (Wildman–Crippen MR) is 79.2 cm³/mol. The number of aromatic nitrogens is 3. The average molecular weight is 289 g/mol. The van der Waals surface area contributed by atoms with E-state index in [9.17, 15) is 0 Å². The first-order chi connectivity index (χ1) is 9.52. The molecule has 4 nitrogen and oxygen atoms in total. The monoisotopic (exact) mass is 289 g/mol. The van der Waals surface area contributed by atoms with Gasteiger partial charge in [-0.1, -0.05) is 20.8 Å². The molecule has 0 bridgehead atoms. The van der Waals surface area contributed by atoms with Crippen molar-refractivity contribution in [2.24, 2.45) is 0 Å². The zero-order chi connectivity index (χ0) is 14.2. The van der Waals surface area contributed by atoms with E-state index in [1.165, 1.54) is 24.4 Å². The van der Waals surface area contributed by atoms with Crippen molar-refractivity contribution < 1.29 is 4.74 Å². The lowest BCUT2D eigenvalue weighted by Gasteiger charge is -2.17. The van der Waals surface area contributed by atoms with Gasteiger partial charge in [-0.15, -0.1) is 0 Å². The fraction of sp³-hybridized carbons (Fsp3) is 0.533. The van der Waals surface area contributed by atoms with Crippen molar-refractivity contribution in [1.29, 1.82) is 0 Å². The Balaban J connectivity index is 1.59. The van der Waals surface area contributed by atoms with E-state index in [1.807, 2.05) is 12.1 Å². The van der Waals surface area contributed by atoms with Crippen molar-refractivity contribution in [3.8, 4) is 5.75 Å². The number of ether oxygens (including phenoxy) is 1. The zero-order valence-electron chi connectivity index (χ0n) is 12.1. The average Bonchev–Trinajstić information content (AvgIpc) is 3.15. The fourth-order valence-electron chi connectivity index (χ4n) is 1.89. The largest absolute Gasteiger partial charge is 0.485 e. The normalized spacial score (nSPS) is 15.3. The van der Waals surface area contributed by atoms with E-state index in [0.717, 1.165) is 22.3 Å². The lowest BCUT2D eigenvalue weighted by atomic mass is 9.92. The third-order valence-corrected chi connectivity index (χ3v) is 3.99. The highest BCUT2D eigenvalue weighted by Gasteiger charge is 2.27. The van der Waals surface area contributed by atoms with E-state index < -0.39 is 0 Å². The molecule has 106 valence electrons. The van der Waals surface area contributed by atoms with Crippen LogP contribution in [0.1, 0.15) is 56.1 Å². The van der Waals surface area contributed by atoms with Crippen molar-refractivity contribution in [3.63, 3.8) is 0 Å². The molecule has 1 aliphatic rings. The molecule has 0 radical (unpaired) electrons. The van der Waals surface area contributed by atoms with Gasteiger partial charge in [-0.25, -0.2) is 4.98 Å². The Bertz CT molecular complexity index is 582. The molecule has 20 heavy (non-hydrogen) atoms. The SMILES string of the molecule is CC(C)(C)c1ccc(OCc2nc(C3CC3)ns2)cn1. The van der Waals surface area contributed by atoms with E-state index in [0.29, 0.717) is 12.5 Å². The van der Waals surface area contributed by atoms with Gasteiger partial charge in [-0.05, 0) is 36.5 Å². The van der Waals surface area contributed by atoms with Gasteiger partial charge in [0.2, 0.25) is 0 Å². The molecule has 0 saturated heterocycles. The number of pyridine rings is 1. The Morgan fingerprint density at radius 2 is 2.10 bits per heavy atom. The van der Waals surface area contributed by atoms with Gasteiger partial charge in [-0.2, -0.15) is 4.37 Å². The van der Waals surface area contributed by atoms with Gasteiger partial charge in [0.1, 0.15) is 18.2 Å². The summed E-state index contributed by atoms with van der Waals surface area (Å²) in [5.74, 6) is 2.38. The molecule has 0 N–H and O–H groups in total. The molecule has 0 aromatic carbocycles. The Labute approximate surface area is 123 Å². The van der Waals surface area contributed by atoms with Crippen LogP contribution in [-0.2, 0) is 12.0 Å². The Morgan fingerprint density at radius 3 is 2.70 bits per heavy atom. The van der Waals surface area contributed by atoms with E-state index in [2.05, 4.69) is 35.1 Å². The van der Waals surface area contributed by atoms with Gasteiger partial charge < -0.3 is 4.74 Å². The molecule has 0 aliphatic heterocycles. The van der Waals surface area contributed by atoms with Crippen LogP contribution < -0.4 is 4.74 Å². The number of hydrogen-bond donors (Lipinski definition) is 0. The van der Waals surface area contributed by atoms with E-state index >= 15 is 0 Å². The summed E-state index contributed by atoms with van der Waals surface area (Å²) < 4.78 is 10.1. The molecule has 2 heterocycles. The van der Waals surface area contributed by atoms with Crippen molar-refractivity contribution in [1.82, 2.24) is 14.3 Å². The minimum atomic E-state index is 0.0664. The van der Waals surface area contributed by atoms with Crippen LogP contribution in [-0.4, -0.2) is 14.3 Å². The second kappa shape index (κ2) is 5.13. The van der Waals surface area contributed by atoms with Gasteiger partial charge in [0.05, 0.1) is 6.20 Å². The summed E-state index contributed by atoms with van der Waals surface area (Å²) in [6.45, 7) is 6.92. The molecule has 2 aromatic heterocycles. The van der Waals surface area contributed by atoms with Crippen LogP contribution in [0.3, 0.4) is 0 Å². The maximum absolute atomic E-state index is 5.72. The van der Waals surface area contributed by atoms with Crippen LogP contribution in [0.15, 0.2) is 18.3 Å². The molecular formula is C15H19N3OS. The molecule has 1 fully saturated rings. The van der Waals surface area contributed by atoms with Crippen LogP contribution in [0.25, 0.3) is 0 Å². The molecule has 5 heteroatoms. The van der Waals surface area contributed by atoms with Gasteiger partial charge in [0.15, 0.2) is 5.01 Å². The van der Waals surface area contributed by atoms with Crippen LogP contribution >= 0.6 is 11.5 Å². The van der Waals surface area contributed by atoms with Crippen molar-refractivity contribution in [2.75, 3.05) is 0 Å². The lowest BCUT2D eigenvalue weighted by Crippen LogP contribution is -2.13.